The number of aromatic nitrogens is 2. The molecular formula is C17H15N5O7S2. The Hall–Kier alpha value is -3.39. The Morgan fingerprint density at radius 1 is 1.32 bits per heavy atom. The standard InChI is InChI=1S/C17H15N5O7S2/c1-3-29-11(23)7-30-17-20-19-16(31-17)18-13(24)8(2)21-14(25)9-5-4-6-10(22(27)28)12(9)15(21)26/h4-6,8H,3,7H2,1-2H3,(H,18,19,24). The van der Waals surface area contributed by atoms with Gasteiger partial charge in [0.25, 0.3) is 17.5 Å². The molecule has 2 aromatic rings. The van der Waals surface area contributed by atoms with E-state index in [0.717, 1.165) is 29.2 Å². The van der Waals surface area contributed by atoms with Gasteiger partial charge in [0.15, 0.2) is 4.34 Å². The van der Waals surface area contributed by atoms with Gasteiger partial charge >= 0.3 is 5.97 Å². The summed E-state index contributed by atoms with van der Waals surface area (Å²) < 4.78 is 5.22. The number of amides is 3. The molecule has 31 heavy (non-hydrogen) atoms. The molecule has 0 saturated heterocycles. The van der Waals surface area contributed by atoms with Crippen molar-refractivity contribution in [3.8, 4) is 0 Å². The first-order valence-electron chi connectivity index (χ1n) is 8.82. The summed E-state index contributed by atoms with van der Waals surface area (Å²) in [5.41, 5.74) is -0.975. The first-order chi connectivity index (χ1) is 14.7. The van der Waals surface area contributed by atoms with Gasteiger partial charge in [0.1, 0.15) is 11.6 Å². The number of benzene rings is 1. The highest BCUT2D eigenvalue weighted by Gasteiger charge is 2.45. The van der Waals surface area contributed by atoms with E-state index in [0.29, 0.717) is 9.24 Å². The number of rotatable bonds is 8. The summed E-state index contributed by atoms with van der Waals surface area (Å²) in [5, 5.41) is 21.4. The molecule has 0 aliphatic carbocycles. The Balaban J connectivity index is 1.69. The number of ether oxygens (including phenoxy) is 1. The molecule has 1 unspecified atom stereocenters. The van der Waals surface area contributed by atoms with E-state index in [9.17, 15) is 29.3 Å². The zero-order chi connectivity index (χ0) is 22.7. The molecule has 1 atom stereocenters. The van der Waals surface area contributed by atoms with Crippen molar-refractivity contribution in [2.24, 2.45) is 0 Å². The molecule has 1 aliphatic heterocycles. The lowest BCUT2D eigenvalue weighted by Crippen LogP contribution is -2.45. The van der Waals surface area contributed by atoms with E-state index >= 15 is 0 Å². The summed E-state index contributed by atoms with van der Waals surface area (Å²) >= 11 is 2.08. The maximum absolute atomic E-state index is 12.7. The number of carbonyl (C=O) groups is 4. The van der Waals surface area contributed by atoms with Gasteiger partial charge in [-0.2, -0.15) is 0 Å². The Bertz CT molecular complexity index is 1090. The number of anilines is 1. The van der Waals surface area contributed by atoms with E-state index in [4.69, 9.17) is 4.74 Å². The summed E-state index contributed by atoms with van der Waals surface area (Å²) in [7, 11) is 0. The molecule has 0 spiro atoms. The minimum atomic E-state index is -1.26. The van der Waals surface area contributed by atoms with E-state index in [-0.39, 0.29) is 28.6 Å². The summed E-state index contributed by atoms with van der Waals surface area (Å²) in [6.45, 7) is 3.27. The predicted octanol–water partition coefficient (Wildman–Crippen LogP) is 1.72. The number of esters is 1. The van der Waals surface area contributed by atoms with Gasteiger partial charge in [0, 0.05) is 6.07 Å². The number of nitro groups is 1. The number of nitrogens with one attached hydrogen (secondary N) is 1. The van der Waals surface area contributed by atoms with Gasteiger partial charge in [-0.15, -0.1) is 10.2 Å². The number of hydrogen-bond donors (Lipinski definition) is 1. The number of nitrogens with zero attached hydrogens (tertiary/aromatic N) is 4. The average Bonchev–Trinajstić information content (AvgIpc) is 3.28. The maximum Gasteiger partial charge on any atom is 0.316 e. The third-order valence-corrected chi connectivity index (χ3v) is 6.09. The molecule has 12 nitrogen and oxygen atoms in total. The average molecular weight is 465 g/mol. The van der Waals surface area contributed by atoms with Crippen molar-refractivity contribution < 1.29 is 28.8 Å². The van der Waals surface area contributed by atoms with E-state index in [1.807, 2.05) is 0 Å². The van der Waals surface area contributed by atoms with E-state index in [1.165, 1.54) is 19.1 Å². The van der Waals surface area contributed by atoms with E-state index < -0.39 is 40.3 Å². The zero-order valence-corrected chi connectivity index (χ0v) is 17.8. The maximum atomic E-state index is 12.7. The van der Waals surface area contributed by atoms with Crippen LogP contribution in [-0.2, 0) is 14.3 Å². The van der Waals surface area contributed by atoms with Crippen molar-refractivity contribution in [2.75, 3.05) is 17.7 Å². The van der Waals surface area contributed by atoms with Gasteiger partial charge in [-0.3, -0.25) is 39.5 Å². The third-order valence-electron chi connectivity index (χ3n) is 4.14. The highest BCUT2D eigenvalue weighted by Crippen LogP contribution is 2.32. The van der Waals surface area contributed by atoms with Crippen LogP contribution in [0.15, 0.2) is 22.5 Å². The Labute approximate surface area is 183 Å². The van der Waals surface area contributed by atoms with Crippen molar-refractivity contribution in [1.29, 1.82) is 0 Å². The summed E-state index contributed by atoms with van der Waals surface area (Å²) in [5.74, 6) is -2.83. The number of thioether (sulfide) groups is 1. The monoisotopic (exact) mass is 465 g/mol. The third kappa shape index (κ3) is 4.54. The quantitative estimate of drug-likeness (QED) is 0.152. The number of imide groups is 1. The molecule has 1 N–H and O–H groups in total. The fourth-order valence-corrected chi connectivity index (χ4v) is 4.31. The number of carbonyl (C=O) groups excluding carboxylic acids is 4. The molecule has 1 aromatic heterocycles. The van der Waals surface area contributed by atoms with Gasteiger partial charge in [-0.25, -0.2) is 0 Å². The number of hydrogen-bond acceptors (Lipinski definition) is 11. The zero-order valence-electron chi connectivity index (χ0n) is 16.2. The summed E-state index contributed by atoms with van der Waals surface area (Å²) in [6, 6.07) is 2.46. The number of nitro benzene ring substituents is 1. The molecule has 0 bridgehead atoms. The lowest BCUT2D eigenvalue weighted by atomic mass is 10.1. The SMILES string of the molecule is CCOC(=O)CSc1nnc(NC(=O)C(C)N2C(=O)c3cccc([N+](=O)[O-])c3C2=O)s1. The topological polar surface area (TPSA) is 162 Å². The van der Waals surface area contributed by atoms with Crippen LogP contribution in [-0.4, -0.2) is 62.1 Å². The van der Waals surface area contributed by atoms with Crippen molar-refractivity contribution in [2.45, 2.75) is 24.2 Å². The largest absolute Gasteiger partial charge is 0.465 e. The van der Waals surface area contributed by atoms with Crippen LogP contribution in [0, 0.1) is 10.1 Å². The van der Waals surface area contributed by atoms with Crippen LogP contribution in [0.25, 0.3) is 0 Å². The predicted molar refractivity (Wildman–Crippen MR) is 109 cm³/mol. The first kappa shape index (κ1) is 22.3. The molecule has 2 heterocycles. The number of fused-ring (bicyclic) bond motifs is 1. The second kappa shape index (κ2) is 9.18. The molecule has 3 rings (SSSR count). The molecule has 0 radical (unpaired) electrons. The Morgan fingerprint density at radius 3 is 2.74 bits per heavy atom. The highest BCUT2D eigenvalue weighted by molar-refractivity contribution is 8.01. The van der Waals surface area contributed by atoms with E-state index in [1.54, 1.807) is 6.92 Å². The van der Waals surface area contributed by atoms with Crippen LogP contribution in [0.2, 0.25) is 0 Å². The van der Waals surface area contributed by atoms with Crippen molar-refractivity contribution in [1.82, 2.24) is 15.1 Å². The van der Waals surface area contributed by atoms with Crippen LogP contribution in [0.5, 0.6) is 0 Å². The Morgan fingerprint density at radius 2 is 2.06 bits per heavy atom. The Kier molecular flexibility index (Phi) is 6.60. The minimum absolute atomic E-state index is 0.0284. The molecule has 162 valence electrons. The normalized spacial score (nSPS) is 13.7. The minimum Gasteiger partial charge on any atom is -0.465 e. The van der Waals surface area contributed by atoms with Crippen LogP contribution >= 0.6 is 23.1 Å². The summed E-state index contributed by atoms with van der Waals surface area (Å²) in [4.78, 5) is 60.4. The second-order valence-corrected chi connectivity index (χ2v) is 8.27. The van der Waals surface area contributed by atoms with Gasteiger partial charge < -0.3 is 4.74 Å². The molecule has 0 fully saturated rings. The van der Waals surface area contributed by atoms with Gasteiger partial charge in [-0.05, 0) is 19.9 Å². The molecule has 1 aromatic carbocycles. The molecule has 3 amide bonds. The summed E-state index contributed by atoms with van der Waals surface area (Å²) in [6.07, 6.45) is 0. The lowest BCUT2D eigenvalue weighted by Gasteiger charge is -2.20. The van der Waals surface area contributed by atoms with Gasteiger partial charge in [-0.1, -0.05) is 29.2 Å². The van der Waals surface area contributed by atoms with Gasteiger partial charge in [0.2, 0.25) is 11.0 Å². The fourth-order valence-electron chi connectivity index (χ4n) is 2.76. The van der Waals surface area contributed by atoms with E-state index in [2.05, 4.69) is 15.5 Å². The van der Waals surface area contributed by atoms with Crippen molar-refractivity contribution in [3.63, 3.8) is 0 Å². The van der Waals surface area contributed by atoms with Crippen molar-refractivity contribution in [3.05, 3.63) is 39.4 Å². The smallest absolute Gasteiger partial charge is 0.316 e. The fraction of sp³-hybridized carbons (Fsp3) is 0.294. The van der Waals surface area contributed by atoms with Crippen LogP contribution in [0.3, 0.4) is 0 Å². The highest BCUT2D eigenvalue weighted by atomic mass is 32.2. The van der Waals surface area contributed by atoms with Gasteiger partial charge in [0.05, 0.1) is 22.8 Å². The van der Waals surface area contributed by atoms with Crippen LogP contribution in [0.1, 0.15) is 34.6 Å². The lowest BCUT2D eigenvalue weighted by molar-refractivity contribution is -0.385. The first-order valence-corrected chi connectivity index (χ1v) is 10.6. The molecule has 1 aliphatic rings. The molecule has 14 heteroatoms. The van der Waals surface area contributed by atoms with Crippen LogP contribution < -0.4 is 5.32 Å². The molecular weight excluding hydrogens is 450 g/mol. The second-order valence-electron chi connectivity index (χ2n) is 6.07. The molecule has 0 saturated carbocycles. The van der Waals surface area contributed by atoms with Crippen molar-refractivity contribution >= 4 is 57.6 Å². The van der Waals surface area contributed by atoms with Crippen LogP contribution in [0.4, 0.5) is 10.8 Å².